The van der Waals surface area contributed by atoms with Crippen molar-refractivity contribution < 1.29 is 23.8 Å². The topological polar surface area (TPSA) is 76.0 Å². The van der Waals surface area contributed by atoms with Gasteiger partial charge in [-0.1, -0.05) is 13.8 Å². The molecule has 0 aliphatic carbocycles. The Bertz CT molecular complexity index is 383. The maximum Gasteiger partial charge on any atom is 0.359 e. The molecule has 5 nitrogen and oxygen atoms in total. The summed E-state index contributed by atoms with van der Waals surface area (Å²) in [5.41, 5.74) is -0.862. The summed E-state index contributed by atoms with van der Waals surface area (Å²) >= 11 is 0. The normalized spacial score (nSPS) is 31.6. The molecule has 0 aromatic carbocycles. The zero-order valence-corrected chi connectivity index (χ0v) is 13.9. The van der Waals surface area contributed by atoms with Gasteiger partial charge in [-0.3, -0.25) is 9.09 Å². The summed E-state index contributed by atoms with van der Waals surface area (Å²) in [4.78, 5) is 9.98. The van der Waals surface area contributed by atoms with Gasteiger partial charge in [0.05, 0.1) is 11.7 Å². The van der Waals surface area contributed by atoms with E-state index in [9.17, 15) is 14.6 Å². The predicted molar refractivity (Wildman–Crippen MR) is 78.7 cm³/mol. The molecule has 1 rings (SSSR count). The first-order chi connectivity index (χ1) is 8.93. The molecular weight excluding hydrogens is 278 g/mol. The molecule has 0 amide bonds. The van der Waals surface area contributed by atoms with Gasteiger partial charge in [0.15, 0.2) is 5.34 Å². The molecule has 116 valence electrons. The van der Waals surface area contributed by atoms with Gasteiger partial charge in [-0.05, 0) is 40.0 Å². The molecule has 1 saturated heterocycles. The van der Waals surface area contributed by atoms with E-state index in [0.29, 0.717) is 6.42 Å². The Morgan fingerprint density at radius 2 is 2.00 bits per heavy atom. The smallest absolute Gasteiger partial charge is 0.359 e. The summed E-state index contributed by atoms with van der Waals surface area (Å²) in [5.74, 6) is -0.108. The van der Waals surface area contributed by atoms with Crippen LogP contribution in [0.2, 0.25) is 0 Å². The number of hydrogen-bond acceptors (Lipinski definition) is 4. The molecule has 7 heteroatoms. The van der Waals surface area contributed by atoms with Crippen molar-refractivity contribution in [2.45, 2.75) is 76.9 Å². The van der Waals surface area contributed by atoms with E-state index in [0.717, 1.165) is 12.8 Å². The van der Waals surface area contributed by atoms with E-state index in [-0.39, 0.29) is 18.0 Å². The fraction of sp³-hybridized carbons (Fsp3) is 1.00. The van der Waals surface area contributed by atoms with Crippen LogP contribution < -0.4 is 0 Å². The van der Waals surface area contributed by atoms with Gasteiger partial charge in [0, 0.05) is 11.9 Å². The highest BCUT2D eigenvalue weighted by molar-refractivity contribution is 7.54. The Morgan fingerprint density at radius 1 is 1.45 bits per heavy atom. The zero-order chi connectivity index (χ0) is 15.8. The number of hydrogen-bond donors (Lipinski definition) is 2. The van der Waals surface area contributed by atoms with Crippen LogP contribution >= 0.6 is 7.60 Å². The first-order valence-electron chi connectivity index (χ1n) is 7.10. The van der Waals surface area contributed by atoms with Gasteiger partial charge < -0.3 is 14.7 Å². The van der Waals surface area contributed by atoms with Gasteiger partial charge >= 0.3 is 7.60 Å². The molecular formula is C13H26BO5P. The van der Waals surface area contributed by atoms with Crippen LogP contribution in [-0.2, 0) is 13.8 Å². The lowest BCUT2D eigenvalue weighted by Gasteiger charge is -2.41. The fourth-order valence-electron chi connectivity index (χ4n) is 2.31. The minimum Gasteiger partial charge on any atom is -0.384 e. The van der Waals surface area contributed by atoms with Crippen LogP contribution in [0.25, 0.3) is 0 Å². The monoisotopic (exact) mass is 304 g/mol. The third kappa shape index (κ3) is 3.86. The van der Waals surface area contributed by atoms with Crippen LogP contribution in [0.1, 0.15) is 53.9 Å². The molecule has 20 heavy (non-hydrogen) atoms. The van der Waals surface area contributed by atoms with Crippen molar-refractivity contribution in [1.29, 1.82) is 0 Å². The van der Waals surface area contributed by atoms with E-state index in [1.54, 1.807) is 6.92 Å². The molecule has 0 aromatic rings. The van der Waals surface area contributed by atoms with Gasteiger partial charge in [0.2, 0.25) is 0 Å². The summed E-state index contributed by atoms with van der Waals surface area (Å²) in [6.07, 6.45) is 2.01. The summed E-state index contributed by atoms with van der Waals surface area (Å²) in [6, 6.07) is -0.279. The number of aliphatic hydroxyl groups is 1. The Balaban J connectivity index is 2.89. The molecule has 2 radical (unpaired) electrons. The predicted octanol–water partition coefficient (Wildman–Crippen LogP) is 2.40. The molecule has 1 fully saturated rings. The SMILES string of the molecule is [B]C1CCC(C(C)C(C)(CC)OP(=O)(O)C(C)(C)O)O1. The van der Waals surface area contributed by atoms with Gasteiger partial charge in [0.25, 0.3) is 0 Å². The summed E-state index contributed by atoms with van der Waals surface area (Å²) < 4.78 is 23.3. The lowest BCUT2D eigenvalue weighted by atomic mass is 9.83. The van der Waals surface area contributed by atoms with E-state index in [1.807, 2.05) is 13.8 Å². The Hall–Kier alpha value is 0.135. The summed E-state index contributed by atoms with van der Waals surface area (Å²) in [6.45, 7) is 8.14. The highest BCUT2D eigenvalue weighted by atomic mass is 31.2. The van der Waals surface area contributed by atoms with E-state index in [1.165, 1.54) is 13.8 Å². The molecule has 0 spiro atoms. The van der Waals surface area contributed by atoms with Crippen molar-refractivity contribution in [1.82, 2.24) is 0 Å². The van der Waals surface area contributed by atoms with Crippen LogP contribution in [0, 0.1) is 5.92 Å². The molecule has 5 atom stereocenters. The van der Waals surface area contributed by atoms with Crippen LogP contribution in [-0.4, -0.2) is 40.9 Å². The van der Waals surface area contributed by atoms with Crippen molar-refractivity contribution in [2.24, 2.45) is 5.92 Å². The van der Waals surface area contributed by atoms with Crippen molar-refractivity contribution in [3.63, 3.8) is 0 Å². The lowest BCUT2D eigenvalue weighted by Crippen LogP contribution is -2.43. The number of ether oxygens (including phenoxy) is 1. The van der Waals surface area contributed by atoms with Gasteiger partial charge in [-0.2, -0.15) is 0 Å². The molecule has 1 aliphatic heterocycles. The molecule has 2 N–H and O–H groups in total. The van der Waals surface area contributed by atoms with Crippen molar-refractivity contribution in [3.8, 4) is 0 Å². The van der Waals surface area contributed by atoms with Crippen molar-refractivity contribution in [3.05, 3.63) is 0 Å². The third-order valence-corrected chi connectivity index (χ3v) is 6.38. The molecule has 1 aliphatic rings. The fourth-order valence-corrected chi connectivity index (χ4v) is 3.40. The first-order valence-corrected chi connectivity index (χ1v) is 8.68. The average Bonchev–Trinajstić information content (AvgIpc) is 2.72. The Kier molecular flexibility index (Phi) is 5.54. The highest BCUT2D eigenvalue weighted by Gasteiger charge is 2.48. The standard InChI is InChI=1S/C13H26BO5P/c1-6-13(5,19-20(16,17)12(3,4)15)9(2)10-7-8-11(14)18-10/h9-11,15H,6-8H2,1-5H3,(H,16,17). The third-order valence-electron chi connectivity index (χ3n) is 4.33. The van der Waals surface area contributed by atoms with Crippen LogP contribution in [0.5, 0.6) is 0 Å². The highest BCUT2D eigenvalue weighted by Crippen LogP contribution is 2.58. The second-order valence-electron chi connectivity index (χ2n) is 6.35. The quantitative estimate of drug-likeness (QED) is 0.582. The van der Waals surface area contributed by atoms with Crippen LogP contribution in [0.3, 0.4) is 0 Å². The van der Waals surface area contributed by atoms with Crippen LogP contribution in [0.4, 0.5) is 0 Å². The van der Waals surface area contributed by atoms with Gasteiger partial charge in [-0.25, -0.2) is 0 Å². The second kappa shape index (κ2) is 6.09. The molecule has 5 unspecified atom stereocenters. The van der Waals surface area contributed by atoms with Gasteiger partial charge in [0.1, 0.15) is 7.85 Å². The first kappa shape index (κ1) is 18.2. The molecule has 0 saturated carbocycles. The second-order valence-corrected chi connectivity index (χ2v) is 8.67. The summed E-state index contributed by atoms with van der Waals surface area (Å²) in [5, 5.41) is 8.01. The van der Waals surface area contributed by atoms with Crippen molar-refractivity contribution >= 4 is 15.4 Å². The van der Waals surface area contributed by atoms with Crippen LogP contribution in [0.15, 0.2) is 0 Å². The van der Waals surface area contributed by atoms with E-state index >= 15 is 0 Å². The van der Waals surface area contributed by atoms with Gasteiger partial charge in [-0.15, -0.1) is 0 Å². The van der Waals surface area contributed by atoms with E-state index in [2.05, 4.69) is 0 Å². The zero-order valence-electron chi connectivity index (χ0n) is 13.0. The molecule has 1 heterocycles. The maximum atomic E-state index is 12.2. The minimum absolute atomic E-state index is 0.100. The van der Waals surface area contributed by atoms with E-state index < -0.39 is 18.5 Å². The molecule has 0 bridgehead atoms. The largest absolute Gasteiger partial charge is 0.384 e. The Labute approximate surface area is 123 Å². The number of rotatable bonds is 6. The lowest BCUT2D eigenvalue weighted by molar-refractivity contribution is -0.0622. The Morgan fingerprint density at radius 3 is 2.35 bits per heavy atom. The van der Waals surface area contributed by atoms with E-state index in [4.69, 9.17) is 17.1 Å². The van der Waals surface area contributed by atoms with Crippen molar-refractivity contribution in [2.75, 3.05) is 0 Å². The average molecular weight is 304 g/mol. The summed E-state index contributed by atoms with van der Waals surface area (Å²) in [7, 11) is 1.58. The maximum absolute atomic E-state index is 12.2. The molecule has 0 aromatic heterocycles. The minimum atomic E-state index is -4.16.